The van der Waals surface area contributed by atoms with Crippen molar-refractivity contribution in [3.63, 3.8) is 0 Å². The van der Waals surface area contributed by atoms with Gasteiger partial charge in [-0.25, -0.2) is 4.98 Å². The van der Waals surface area contributed by atoms with Gasteiger partial charge < -0.3 is 14.5 Å². The summed E-state index contributed by atoms with van der Waals surface area (Å²) in [6.07, 6.45) is 6.41. The Morgan fingerprint density at radius 1 is 1.41 bits per heavy atom. The van der Waals surface area contributed by atoms with Gasteiger partial charge in [-0.05, 0) is 43.4 Å². The van der Waals surface area contributed by atoms with E-state index in [4.69, 9.17) is 9.15 Å². The summed E-state index contributed by atoms with van der Waals surface area (Å²) in [6, 6.07) is 0.217. The monoisotopic (exact) mass is 306 g/mol. The highest BCUT2D eigenvalue weighted by molar-refractivity contribution is 5.93. The molecule has 1 aromatic rings. The molecule has 1 amide bonds. The number of oxazole rings is 1. The van der Waals surface area contributed by atoms with Crippen LogP contribution >= 0.6 is 0 Å². The van der Waals surface area contributed by atoms with Gasteiger partial charge in [-0.3, -0.25) is 4.79 Å². The molecule has 0 spiro atoms. The predicted molar refractivity (Wildman–Crippen MR) is 82.5 cm³/mol. The molecule has 22 heavy (non-hydrogen) atoms. The fourth-order valence-corrected chi connectivity index (χ4v) is 3.84. The van der Waals surface area contributed by atoms with Crippen LogP contribution in [0.4, 0.5) is 0 Å². The van der Waals surface area contributed by atoms with E-state index in [-0.39, 0.29) is 18.1 Å². The first kappa shape index (κ1) is 15.5. The second kappa shape index (κ2) is 6.03. The third kappa shape index (κ3) is 3.19. The van der Waals surface area contributed by atoms with Crippen molar-refractivity contribution in [3.05, 3.63) is 17.8 Å². The van der Waals surface area contributed by atoms with Crippen LogP contribution in [0.2, 0.25) is 0 Å². The van der Waals surface area contributed by atoms with E-state index in [1.165, 1.54) is 6.39 Å². The van der Waals surface area contributed by atoms with Crippen LogP contribution in [0.1, 0.15) is 75.2 Å². The number of nitrogens with one attached hydrogen (secondary N) is 1. The van der Waals surface area contributed by atoms with E-state index in [0.717, 1.165) is 38.7 Å². The van der Waals surface area contributed by atoms with Crippen LogP contribution in [0, 0.1) is 11.3 Å². The van der Waals surface area contributed by atoms with E-state index in [1.54, 1.807) is 0 Å². The van der Waals surface area contributed by atoms with Crippen LogP contribution in [0.3, 0.4) is 0 Å². The topological polar surface area (TPSA) is 64.4 Å². The number of carbonyl (C=O) groups is 1. The Balaban J connectivity index is 1.66. The van der Waals surface area contributed by atoms with E-state index in [0.29, 0.717) is 22.8 Å². The fourth-order valence-electron chi connectivity index (χ4n) is 3.84. The van der Waals surface area contributed by atoms with Crippen molar-refractivity contribution in [2.45, 2.75) is 65.0 Å². The number of aromatic nitrogens is 1. The normalized spacial score (nSPS) is 31.1. The lowest BCUT2D eigenvalue weighted by Crippen LogP contribution is -2.44. The van der Waals surface area contributed by atoms with Crippen LogP contribution in [0.25, 0.3) is 0 Å². The van der Waals surface area contributed by atoms with Gasteiger partial charge in [0, 0.05) is 12.6 Å². The van der Waals surface area contributed by atoms with E-state index < -0.39 is 0 Å². The van der Waals surface area contributed by atoms with Crippen molar-refractivity contribution < 1.29 is 13.9 Å². The minimum absolute atomic E-state index is 0.119. The maximum atomic E-state index is 12.6. The molecule has 0 radical (unpaired) electrons. The van der Waals surface area contributed by atoms with Gasteiger partial charge in [0.15, 0.2) is 17.8 Å². The number of ether oxygens (including phenoxy) is 1. The summed E-state index contributed by atoms with van der Waals surface area (Å²) in [6.45, 7) is 7.54. The maximum Gasteiger partial charge on any atom is 0.273 e. The average Bonchev–Trinajstić information content (AvgIpc) is 3.10. The molecule has 1 aromatic heterocycles. The fraction of sp³-hybridized carbons (Fsp3) is 0.765. The van der Waals surface area contributed by atoms with Crippen molar-refractivity contribution in [3.8, 4) is 0 Å². The SMILES string of the molecule is CC1CC(C)(C)CCC1NC(=O)c1ncoc1C1CCCO1. The molecule has 1 aliphatic heterocycles. The number of nitrogens with zero attached hydrogens (tertiary/aromatic N) is 1. The smallest absolute Gasteiger partial charge is 0.273 e. The Bertz CT molecular complexity index is 532. The summed E-state index contributed by atoms with van der Waals surface area (Å²) in [4.78, 5) is 16.7. The Kier molecular flexibility index (Phi) is 4.26. The summed E-state index contributed by atoms with van der Waals surface area (Å²) in [7, 11) is 0. The first-order valence-electron chi connectivity index (χ1n) is 8.32. The van der Waals surface area contributed by atoms with E-state index in [2.05, 4.69) is 31.1 Å². The lowest BCUT2D eigenvalue weighted by molar-refractivity contribution is 0.0807. The average molecular weight is 306 g/mol. The number of rotatable bonds is 3. The summed E-state index contributed by atoms with van der Waals surface area (Å²) in [5, 5.41) is 3.16. The zero-order valence-electron chi connectivity index (χ0n) is 13.7. The van der Waals surface area contributed by atoms with Crippen LogP contribution in [0.5, 0.6) is 0 Å². The molecule has 3 rings (SSSR count). The van der Waals surface area contributed by atoms with Crippen molar-refractivity contribution in [2.24, 2.45) is 11.3 Å². The summed E-state index contributed by atoms with van der Waals surface area (Å²) in [5.74, 6) is 0.931. The van der Waals surface area contributed by atoms with E-state index >= 15 is 0 Å². The molecule has 1 saturated heterocycles. The van der Waals surface area contributed by atoms with Crippen LogP contribution < -0.4 is 5.32 Å². The molecule has 122 valence electrons. The lowest BCUT2D eigenvalue weighted by Gasteiger charge is -2.39. The Hall–Kier alpha value is -1.36. The van der Waals surface area contributed by atoms with E-state index in [1.807, 2.05) is 0 Å². The van der Waals surface area contributed by atoms with E-state index in [9.17, 15) is 4.79 Å². The molecule has 2 aliphatic rings. The summed E-state index contributed by atoms with van der Waals surface area (Å²) in [5.41, 5.74) is 0.765. The predicted octanol–water partition coefficient (Wildman–Crippen LogP) is 3.47. The number of amides is 1. The molecule has 3 atom stereocenters. The van der Waals surface area contributed by atoms with Gasteiger partial charge in [0.25, 0.3) is 5.91 Å². The van der Waals surface area contributed by atoms with Crippen molar-refractivity contribution in [1.82, 2.24) is 10.3 Å². The Morgan fingerprint density at radius 2 is 2.23 bits per heavy atom. The van der Waals surface area contributed by atoms with Crippen LogP contribution in [0.15, 0.2) is 10.8 Å². The Morgan fingerprint density at radius 3 is 2.91 bits per heavy atom. The molecule has 2 heterocycles. The van der Waals surface area contributed by atoms with Gasteiger partial charge >= 0.3 is 0 Å². The van der Waals surface area contributed by atoms with Gasteiger partial charge in [0.05, 0.1) is 0 Å². The maximum absolute atomic E-state index is 12.6. The minimum atomic E-state index is -0.129. The lowest BCUT2D eigenvalue weighted by atomic mass is 9.70. The second-order valence-corrected chi connectivity index (χ2v) is 7.53. The van der Waals surface area contributed by atoms with Gasteiger partial charge in [0.2, 0.25) is 0 Å². The van der Waals surface area contributed by atoms with Gasteiger partial charge in [0.1, 0.15) is 6.10 Å². The number of carbonyl (C=O) groups excluding carboxylic acids is 1. The van der Waals surface area contributed by atoms with Crippen molar-refractivity contribution >= 4 is 5.91 Å². The molecule has 0 aromatic carbocycles. The first-order chi connectivity index (χ1) is 10.5. The first-order valence-corrected chi connectivity index (χ1v) is 8.32. The molecular formula is C17H26N2O3. The van der Waals surface area contributed by atoms with Gasteiger partial charge in [-0.2, -0.15) is 0 Å². The third-order valence-corrected chi connectivity index (χ3v) is 5.04. The molecule has 0 bridgehead atoms. The van der Waals surface area contributed by atoms with Crippen molar-refractivity contribution in [2.75, 3.05) is 6.61 Å². The number of hydrogen-bond donors (Lipinski definition) is 1. The third-order valence-electron chi connectivity index (χ3n) is 5.04. The molecule has 5 heteroatoms. The molecule has 1 aliphatic carbocycles. The highest BCUT2D eigenvalue weighted by Crippen LogP contribution is 2.38. The summed E-state index contributed by atoms with van der Waals surface area (Å²) < 4.78 is 11.0. The molecule has 3 unspecified atom stereocenters. The molecule has 2 fully saturated rings. The summed E-state index contributed by atoms with van der Waals surface area (Å²) >= 11 is 0. The zero-order valence-corrected chi connectivity index (χ0v) is 13.7. The number of hydrogen-bond acceptors (Lipinski definition) is 4. The van der Waals surface area contributed by atoms with Crippen molar-refractivity contribution in [1.29, 1.82) is 0 Å². The Labute approximate surface area is 131 Å². The highest BCUT2D eigenvalue weighted by atomic mass is 16.5. The van der Waals surface area contributed by atoms with Gasteiger partial charge in [-0.1, -0.05) is 20.8 Å². The van der Waals surface area contributed by atoms with Gasteiger partial charge in [-0.15, -0.1) is 0 Å². The molecular weight excluding hydrogens is 280 g/mol. The minimum Gasteiger partial charge on any atom is -0.445 e. The highest BCUT2D eigenvalue weighted by Gasteiger charge is 2.35. The molecule has 1 N–H and O–H groups in total. The largest absolute Gasteiger partial charge is 0.445 e. The van der Waals surface area contributed by atoms with Crippen LogP contribution in [-0.2, 0) is 4.74 Å². The molecule has 1 saturated carbocycles. The van der Waals surface area contributed by atoms with Crippen LogP contribution in [-0.4, -0.2) is 23.5 Å². The quantitative estimate of drug-likeness (QED) is 0.928. The molecule has 5 nitrogen and oxygen atoms in total. The second-order valence-electron chi connectivity index (χ2n) is 7.53. The zero-order chi connectivity index (χ0) is 15.7. The standard InChI is InChI=1S/C17H26N2O3/c1-11-9-17(2,3)7-6-12(11)19-16(20)14-15(22-10-18-14)13-5-4-8-21-13/h10-13H,4-9H2,1-3H3,(H,19,20).